The molecule has 1 fully saturated rings. The van der Waals surface area contributed by atoms with E-state index >= 15 is 0 Å². The maximum Gasteiger partial charge on any atom is 0.326 e. The topological polar surface area (TPSA) is 72.9 Å². The molecule has 1 amide bonds. The van der Waals surface area contributed by atoms with Crippen molar-refractivity contribution in [1.82, 2.24) is 15.1 Å². The standard InChI is InChI=1S/C11H21N3O3/c1-9(11(16)17)13(2)10(15)8-14-6-3-4-12-5-7-14/h9,12H,3-8H2,1-2H3,(H,16,17). The monoisotopic (exact) mass is 243 g/mol. The SMILES string of the molecule is CC(C(=O)O)N(C)C(=O)CN1CCCNCC1. The van der Waals surface area contributed by atoms with Gasteiger partial charge in [0.05, 0.1) is 6.54 Å². The van der Waals surface area contributed by atoms with Crippen LogP contribution in [0, 0.1) is 0 Å². The summed E-state index contributed by atoms with van der Waals surface area (Å²) in [5.74, 6) is -1.11. The lowest BCUT2D eigenvalue weighted by atomic mass is 10.3. The predicted molar refractivity (Wildman–Crippen MR) is 63.8 cm³/mol. The fourth-order valence-corrected chi connectivity index (χ4v) is 1.74. The second-order valence-corrected chi connectivity index (χ2v) is 4.40. The minimum atomic E-state index is -0.974. The Balaban J connectivity index is 2.44. The molecule has 0 radical (unpaired) electrons. The van der Waals surface area contributed by atoms with E-state index < -0.39 is 12.0 Å². The molecule has 0 spiro atoms. The molecule has 1 heterocycles. The maximum absolute atomic E-state index is 11.9. The Morgan fingerprint density at radius 2 is 2.12 bits per heavy atom. The van der Waals surface area contributed by atoms with Crippen LogP contribution in [0.15, 0.2) is 0 Å². The van der Waals surface area contributed by atoms with Gasteiger partial charge in [0.25, 0.3) is 0 Å². The van der Waals surface area contributed by atoms with Gasteiger partial charge in [-0.25, -0.2) is 4.79 Å². The summed E-state index contributed by atoms with van der Waals surface area (Å²) < 4.78 is 0. The number of likely N-dealkylation sites (N-methyl/N-ethyl adjacent to an activating group) is 1. The Labute approximate surface area is 102 Å². The van der Waals surface area contributed by atoms with Crippen molar-refractivity contribution in [2.45, 2.75) is 19.4 Å². The van der Waals surface area contributed by atoms with E-state index in [2.05, 4.69) is 10.2 Å². The Kier molecular flexibility index (Phi) is 5.37. The second-order valence-electron chi connectivity index (χ2n) is 4.40. The maximum atomic E-state index is 11.9. The normalized spacial score (nSPS) is 19.4. The van der Waals surface area contributed by atoms with Gasteiger partial charge in [0.2, 0.25) is 5.91 Å². The molecule has 0 aliphatic carbocycles. The van der Waals surface area contributed by atoms with Crippen LogP contribution in [0.3, 0.4) is 0 Å². The molecule has 17 heavy (non-hydrogen) atoms. The molecule has 6 nitrogen and oxygen atoms in total. The van der Waals surface area contributed by atoms with Crippen LogP contribution in [-0.2, 0) is 9.59 Å². The summed E-state index contributed by atoms with van der Waals surface area (Å²) in [6.07, 6.45) is 1.02. The van der Waals surface area contributed by atoms with Gasteiger partial charge in [0.15, 0.2) is 0 Å². The third kappa shape index (κ3) is 4.32. The summed E-state index contributed by atoms with van der Waals surface area (Å²) in [6, 6.07) is -0.771. The molecule has 2 N–H and O–H groups in total. The number of nitrogens with zero attached hydrogens (tertiary/aromatic N) is 2. The number of carboxylic acid groups (broad SMARTS) is 1. The number of carboxylic acids is 1. The van der Waals surface area contributed by atoms with Crippen molar-refractivity contribution in [1.29, 1.82) is 0 Å². The van der Waals surface area contributed by atoms with Crippen LogP contribution in [0.4, 0.5) is 0 Å². The molecule has 1 saturated heterocycles. The molecule has 1 atom stereocenters. The van der Waals surface area contributed by atoms with Gasteiger partial charge in [0, 0.05) is 20.1 Å². The first-order valence-corrected chi connectivity index (χ1v) is 5.94. The van der Waals surface area contributed by atoms with Gasteiger partial charge in [-0.3, -0.25) is 9.69 Å². The molecule has 0 aromatic heterocycles. The highest BCUT2D eigenvalue weighted by Crippen LogP contribution is 2.01. The molecule has 1 rings (SSSR count). The van der Waals surface area contributed by atoms with Crippen LogP contribution in [0.5, 0.6) is 0 Å². The van der Waals surface area contributed by atoms with Crippen LogP contribution in [0.2, 0.25) is 0 Å². The van der Waals surface area contributed by atoms with Crippen LogP contribution in [-0.4, -0.2) is 72.6 Å². The largest absolute Gasteiger partial charge is 0.480 e. The van der Waals surface area contributed by atoms with Gasteiger partial charge in [-0.2, -0.15) is 0 Å². The molecule has 98 valence electrons. The molecule has 1 aliphatic heterocycles. The van der Waals surface area contributed by atoms with Crippen LogP contribution < -0.4 is 5.32 Å². The van der Waals surface area contributed by atoms with Crippen molar-refractivity contribution >= 4 is 11.9 Å². The number of carbonyl (C=O) groups is 2. The first kappa shape index (κ1) is 13.9. The molecule has 0 aromatic rings. The molecule has 1 aliphatic rings. The first-order valence-electron chi connectivity index (χ1n) is 5.94. The molecule has 0 saturated carbocycles. The van der Waals surface area contributed by atoms with Gasteiger partial charge in [-0.05, 0) is 26.4 Å². The van der Waals surface area contributed by atoms with Gasteiger partial charge in [-0.15, -0.1) is 0 Å². The molecule has 1 unspecified atom stereocenters. The van der Waals surface area contributed by atoms with E-state index in [0.29, 0.717) is 6.54 Å². The number of amides is 1. The molecule has 0 bridgehead atoms. The van der Waals surface area contributed by atoms with Gasteiger partial charge in [0.1, 0.15) is 6.04 Å². The van der Waals surface area contributed by atoms with E-state index in [-0.39, 0.29) is 5.91 Å². The molecule has 0 aromatic carbocycles. The number of hydrogen-bond donors (Lipinski definition) is 2. The Morgan fingerprint density at radius 1 is 1.41 bits per heavy atom. The van der Waals surface area contributed by atoms with E-state index in [1.54, 1.807) is 0 Å². The summed E-state index contributed by atoms with van der Waals surface area (Å²) in [4.78, 5) is 26.0. The zero-order valence-electron chi connectivity index (χ0n) is 10.5. The van der Waals surface area contributed by atoms with Crippen molar-refractivity contribution in [2.24, 2.45) is 0 Å². The van der Waals surface area contributed by atoms with E-state index in [4.69, 9.17) is 5.11 Å². The number of rotatable bonds is 4. The van der Waals surface area contributed by atoms with E-state index in [1.165, 1.54) is 18.9 Å². The number of nitrogens with one attached hydrogen (secondary N) is 1. The minimum absolute atomic E-state index is 0.137. The van der Waals surface area contributed by atoms with Gasteiger partial charge in [-0.1, -0.05) is 0 Å². The quantitative estimate of drug-likeness (QED) is 0.677. The van der Waals surface area contributed by atoms with E-state index in [9.17, 15) is 9.59 Å². The number of carbonyl (C=O) groups excluding carboxylic acids is 1. The third-order valence-corrected chi connectivity index (χ3v) is 3.12. The minimum Gasteiger partial charge on any atom is -0.480 e. The first-order chi connectivity index (χ1) is 8.02. The summed E-state index contributed by atoms with van der Waals surface area (Å²) in [7, 11) is 1.54. The average molecular weight is 243 g/mol. The number of hydrogen-bond acceptors (Lipinski definition) is 4. The fraction of sp³-hybridized carbons (Fsp3) is 0.818. The smallest absolute Gasteiger partial charge is 0.326 e. The van der Waals surface area contributed by atoms with Gasteiger partial charge >= 0.3 is 5.97 Å². The highest BCUT2D eigenvalue weighted by Gasteiger charge is 2.23. The van der Waals surface area contributed by atoms with Crippen LogP contribution >= 0.6 is 0 Å². The van der Waals surface area contributed by atoms with Crippen LogP contribution in [0.1, 0.15) is 13.3 Å². The predicted octanol–water partition coefficient (Wildman–Crippen LogP) is -0.787. The molecule has 6 heteroatoms. The Bertz CT molecular complexity index is 275. The number of aliphatic carboxylic acids is 1. The average Bonchev–Trinajstić information content (AvgIpc) is 2.55. The second kappa shape index (κ2) is 6.56. The van der Waals surface area contributed by atoms with Crippen molar-refractivity contribution in [2.75, 3.05) is 39.8 Å². The zero-order valence-corrected chi connectivity index (χ0v) is 10.5. The third-order valence-electron chi connectivity index (χ3n) is 3.12. The molecular weight excluding hydrogens is 222 g/mol. The van der Waals surface area contributed by atoms with Crippen molar-refractivity contribution in [3.63, 3.8) is 0 Å². The summed E-state index contributed by atoms with van der Waals surface area (Å²) >= 11 is 0. The lowest BCUT2D eigenvalue weighted by Crippen LogP contribution is -2.46. The summed E-state index contributed by atoms with van der Waals surface area (Å²) in [5, 5.41) is 12.1. The van der Waals surface area contributed by atoms with Crippen molar-refractivity contribution in [3.05, 3.63) is 0 Å². The summed E-state index contributed by atoms with van der Waals surface area (Å²) in [6.45, 7) is 5.40. The van der Waals surface area contributed by atoms with Crippen molar-refractivity contribution < 1.29 is 14.7 Å². The Hall–Kier alpha value is -1.14. The highest BCUT2D eigenvalue weighted by molar-refractivity contribution is 5.84. The Morgan fingerprint density at radius 3 is 2.76 bits per heavy atom. The van der Waals surface area contributed by atoms with E-state index in [1.807, 2.05) is 0 Å². The van der Waals surface area contributed by atoms with Crippen molar-refractivity contribution in [3.8, 4) is 0 Å². The van der Waals surface area contributed by atoms with Crippen LogP contribution in [0.25, 0.3) is 0 Å². The fourth-order valence-electron chi connectivity index (χ4n) is 1.74. The summed E-state index contributed by atoms with van der Waals surface area (Å²) in [5.41, 5.74) is 0. The van der Waals surface area contributed by atoms with E-state index in [0.717, 1.165) is 32.6 Å². The molecular formula is C11H21N3O3. The lowest BCUT2D eigenvalue weighted by Gasteiger charge is -2.25. The van der Waals surface area contributed by atoms with Gasteiger partial charge < -0.3 is 15.3 Å². The lowest BCUT2D eigenvalue weighted by molar-refractivity contribution is -0.148. The highest BCUT2D eigenvalue weighted by atomic mass is 16.4. The zero-order chi connectivity index (χ0) is 12.8.